The van der Waals surface area contributed by atoms with Crippen molar-refractivity contribution in [2.75, 3.05) is 13.7 Å². The number of carbonyl (C=O) groups is 2. The molecule has 1 heterocycles. The number of pyridine rings is 1. The summed E-state index contributed by atoms with van der Waals surface area (Å²) in [4.78, 5) is 29.2. The van der Waals surface area contributed by atoms with Crippen molar-refractivity contribution in [2.45, 2.75) is 20.1 Å². The van der Waals surface area contributed by atoms with Crippen molar-refractivity contribution in [2.24, 2.45) is 0 Å². The first-order valence-corrected chi connectivity index (χ1v) is 8.95. The van der Waals surface area contributed by atoms with Gasteiger partial charge in [0.25, 0.3) is 5.91 Å². The zero-order valence-electron chi connectivity index (χ0n) is 15.9. The van der Waals surface area contributed by atoms with Crippen LogP contribution in [0.25, 0.3) is 10.9 Å². The first kappa shape index (κ1) is 19.5. The summed E-state index contributed by atoms with van der Waals surface area (Å²) in [6.07, 6.45) is 0. The minimum atomic E-state index is -0.585. The number of nitrogens with zero attached hydrogens (tertiary/aromatic N) is 1. The van der Waals surface area contributed by atoms with Gasteiger partial charge in [0.15, 0.2) is 6.61 Å². The van der Waals surface area contributed by atoms with E-state index < -0.39 is 5.97 Å². The Morgan fingerprint density at radius 1 is 1.04 bits per heavy atom. The maximum atomic E-state index is 12.7. The van der Waals surface area contributed by atoms with Crippen LogP contribution in [0.3, 0.4) is 0 Å². The number of rotatable bonds is 7. The van der Waals surface area contributed by atoms with Gasteiger partial charge in [0.2, 0.25) is 0 Å². The molecule has 0 aliphatic carbocycles. The van der Waals surface area contributed by atoms with Crippen LogP contribution in [0.5, 0.6) is 0 Å². The summed E-state index contributed by atoms with van der Waals surface area (Å²) in [7, 11) is 1.54. The number of esters is 1. The highest BCUT2D eigenvalue weighted by molar-refractivity contribution is 5.99. The number of carbonyl (C=O) groups excluding carboxylic acids is 2. The molecule has 0 spiro atoms. The molecule has 0 atom stereocenters. The fourth-order valence-electron chi connectivity index (χ4n) is 3.00. The van der Waals surface area contributed by atoms with Gasteiger partial charge in [-0.05, 0) is 24.1 Å². The number of fused-ring (bicyclic) bond motifs is 1. The lowest BCUT2D eigenvalue weighted by Gasteiger charge is -2.14. The zero-order valence-corrected chi connectivity index (χ0v) is 15.9. The van der Waals surface area contributed by atoms with Gasteiger partial charge in [-0.1, -0.05) is 48.5 Å². The van der Waals surface area contributed by atoms with E-state index >= 15 is 0 Å². The lowest BCUT2D eigenvalue weighted by molar-refractivity contribution is -0.124. The summed E-state index contributed by atoms with van der Waals surface area (Å²) in [6, 6.07) is 17.1. The smallest absolute Gasteiger partial charge is 0.340 e. The number of nitrogens with one attached hydrogen (secondary N) is 1. The van der Waals surface area contributed by atoms with Gasteiger partial charge in [0.05, 0.1) is 23.4 Å². The predicted molar refractivity (Wildman–Crippen MR) is 106 cm³/mol. The molecule has 1 N–H and O–H groups in total. The van der Waals surface area contributed by atoms with Crippen LogP contribution in [0.2, 0.25) is 0 Å². The molecule has 28 heavy (non-hydrogen) atoms. The van der Waals surface area contributed by atoms with E-state index in [1.165, 1.54) is 0 Å². The van der Waals surface area contributed by atoms with Crippen molar-refractivity contribution in [3.05, 3.63) is 77.0 Å². The standard InChI is InChI=1S/C22H22N2O4/c1-15-17-10-6-7-11-18(17)24-19(13-27-2)21(15)22(26)28-14-20(25)23-12-16-8-4-3-5-9-16/h3-11H,12-14H2,1-2H3,(H,23,25). The Hall–Kier alpha value is -3.25. The van der Waals surface area contributed by atoms with Gasteiger partial charge in [0.1, 0.15) is 0 Å². The molecule has 6 nitrogen and oxygen atoms in total. The average Bonchev–Trinajstić information content (AvgIpc) is 2.72. The normalized spacial score (nSPS) is 10.6. The summed E-state index contributed by atoms with van der Waals surface area (Å²) in [5.41, 5.74) is 3.35. The van der Waals surface area contributed by atoms with Gasteiger partial charge in [-0.25, -0.2) is 9.78 Å². The second-order valence-corrected chi connectivity index (χ2v) is 6.35. The lowest BCUT2D eigenvalue weighted by atomic mass is 10.0. The minimum absolute atomic E-state index is 0.177. The van der Waals surface area contributed by atoms with Gasteiger partial charge >= 0.3 is 5.97 Å². The highest BCUT2D eigenvalue weighted by Gasteiger charge is 2.20. The predicted octanol–water partition coefficient (Wildman–Crippen LogP) is 3.16. The number of para-hydroxylation sites is 1. The van der Waals surface area contributed by atoms with Crippen molar-refractivity contribution in [3.63, 3.8) is 0 Å². The summed E-state index contributed by atoms with van der Waals surface area (Å²) < 4.78 is 10.4. The van der Waals surface area contributed by atoms with E-state index in [4.69, 9.17) is 9.47 Å². The summed E-state index contributed by atoms with van der Waals surface area (Å²) in [5, 5.41) is 3.60. The zero-order chi connectivity index (χ0) is 19.9. The van der Waals surface area contributed by atoms with E-state index in [0.717, 1.165) is 22.0 Å². The second-order valence-electron chi connectivity index (χ2n) is 6.35. The quantitative estimate of drug-likeness (QED) is 0.639. The van der Waals surface area contributed by atoms with Crippen LogP contribution in [0, 0.1) is 6.92 Å². The largest absolute Gasteiger partial charge is 0.452 e. The Morgan fingerprint density at radius 2 is 1.75 bits per heavy atom. The fraction of sp³-hybridized carbons (Fsp3) is 0.227. The Morgan fingerprint density at radius 3 is 2.50 bits per heavy atom. The number of amides is 1. The van der Waals surface area contributed by atoms with E-state index in [0.29, 0.717) is 17.8 Å². The molecule has 0 aliphatic rings. The molecule has 0 saturated heterocycles. The van der Waals surface area contributed by atoms with Crippen LogP contribution in [0.1, 0.15) is 27.2 Å². The van der Waals surface area contributed by atoms with E-state index in [9.17, 15) is 9.59 Å². The maximum Gasteiger partial charge on any atom is 0.340 e. The topological polar surface area (TPSA) is 77.5 Å². The van der Waals surface area contributed by atoms with E-state index in [2.05, 4.69) is 10.3 Å². The molecule has 2 aromatic carbocycles. The number of benzene rings is 2. The molecule has 3 aromatic rings. The molecule has 0 unspecified atom stereocenters. The van der Waals surface area contributed by atoms with E-state index in [1.54, 1.807) is 7.11 Å². The van der Waals surface area contributed by atoms with Crippen molar-refractivity contribution >= 4 is 22.8 Å². The number of hydrogen-bond donors (Lipinski definition) is 1. The van der Waals surface area contributed by atoms with Crippen LogP contribution in [0.4, 0.5) is 0 Å². The Balaban J connectivity index is 1.71. The van der Waals surface area contributed by atoms with Gasteiger partial charge < -0.3 is 14.8 Å². The summed E-state index contributed by atoms with van der Waals surface area (Å²) in [5.74, 6) is -0.949. The highest BCUT2D eigenvalue weighted by Crippen LogP contribution is 2.24. The van der Waals surface area contributed by atoms with Crippen LogP contribution in [0.15, 0.2) is 54.6 Å². The Labute approximate surface area is 163 Å². The van der Waals surface area contributed by atoms with E-state index in [1.807, 2.05) is 61.5 Å². The van der Waals surface area contributed by atoms with Gasteiger partial charge in [-0.3, -0.25) is 4.79 Å². The van der Waals surface area contributed by atoms with Crippen molar-refractivity contribution in [3.8, 4) is 0 Å². The van der Waals surface area contributed by atoms with E-state index in [-0.39, 0.29) is 19.1 Å². The average molecular weight is 378 g/mol. The Kier molecular flexibility index (Phi) is 6.34. The third-order valence-electron chi connectivity index (χ3n) is 4.38. The van der Waals surface area contributed by atoms with Gasteiger partial charge in [0, 0.05) is 19.0 Å². The van der Waals surface area contributed by atoms with Crippen LogP contribution in [-0.4, -0.2) is 30.6 Å². The monoisotopic (exact) mass is 378 g/mol. The fourth-order valence-corrected chi connectivity index (χ4v) is 3.00. The van der Waals surface area contributed by atoms with Crippen LogP contribution < -0.4 is 5.32 Å². The minimum Gasteiger partial charge on any atom is -0.452 e. The third-order valence-corrected chi connectivity index (χ3v) is 4.38. The molecule has 0 aliphatic heterocycles. The molecule has 1 amide bonds. The first-order chi connectivity index (χ1) is 13.6. The molecule has 6 heteroatoms. The van der Waals surface area contributed by atoms with Crippen molar-refractivity contribution in [1.82, 2.24) is 10.3 Å². The highest BCUT2D eigenvalue weighted by atomic mass is 16.5. The number of ether oxygens (including phenoxy) is 2. The number of methoxy groups -OCH3 is 1. The summed E-state index contributed by atoms with van der Waals surface area (Å²) >= 11 is 0. The van der Waals surface area contributed by atoms with Crippen LogP contribution in [-0.2, 0) is 27.4 Å². The third kappa shape index (κ3) is 4.53. The maximum absolute atomic E-state index is 12.7. The summed E-state index contributed by atoms with van der Waals surface area (Å²) in [6.45, 7) is 2.04. The second kappa shape index (κ2) is 9.10. The van der Waals surface area contributed by atoms with Gasteiger partial charge in [-0.15, -0.1) is 0 Å². The first-order valence-electron chi connectivity index (χ1n) is 8.95. The molecule has 0 fully saturated rings. The number of aryl methyl sites for hydroxylation is 1. The molecule has 0 radical (unpaired) electrons. The SMILES string of the molecule is COCc1nc2ccccc2c(C)c1C(=O)OCC(=O)NCc1ccccc1. The number of hydrogen-bond acceptors (Lipinski definition) is 5. The molecule has 3 rings (SSSR count). The van der Waals surface area contributed by atoms with Crippen LogP contribution >= 0.6 is 0 Å². The lowest BCUT2D eigenvalue weighted by Crippen LogP contribution is -2.28. The molecule has 1 aromatic heterocycles. The Bertz CT molecular complexity index is 986. The molecule has 144 valence electrons. The van der Waals surface area contributed by atoms with Gasteiger partial charge in [-0.2, -0.15) is 0 Å². The van der Waals surface area contributed by atoms with Crippen molar-refractivity contribution in [1.29, 1.82) is 0 Å². The number of aromatic nitrogens is 1. The molecular formula is C22H22N2O4. The molecule has 0 bridgehead atoms. The molecular weight excluding hydrogens is 356 g/mol. The molecule has 0 saturated carbocycles. The van der Waals surface area contributed by atoms with Crippen molar-refractivity contribution < 1.29 is 19.1 Å².